The van der Waals surface area contributed by atoms with Gasteiger partial charge in [-0.05, 0) is 42.5 Å². The minimum atomic E-state index is 0.304. The number of phenolic OH excluding ortho intramolecular Hbond substituents is 1. The number of rotatable bonds is 4. The molecular formula is C15H19N3O2. The number of aryl methyl sites for hydroxylation is 2. The molecular weight excluding hydrogens is 254 g/mol. The van der Waals surface area contributed by atoms with Gasteiger partial charge in [0.15, 0.2) is 5.82 Å². The minimum Gasteiger partial charge on any atom is -0.508 e. The molecule has 0 spiro atoms. The molecule has 0 saturated carbocycles. The van der Waals surface area contributed by atoms with Crippen LogP contribution in [0.2, 0.25) is 0 Å². The monoisotopic (exact) mass is 273 g/mol. The van der Waals surface area contributed by atoms with Gasteiger partial charge in [0, 0.05) is 25.9 Å². The van der Waals surface area contributed by atoms with Gasteiger partial charge in [0.25, 0.3) is 0 Å². The summed E-state index contributed by atoms with van der Waals surface area (Å²) in [6.45, 7) is 2.60. The molecule has 1 unspecified atom stereocenters. The summed E-state index contributed by atoms with van der Waals surface area (Å²) in [6.07, 6.45) is 4.12. The molecule has 106 valence electrons. The molecule has 1 atom stereocenters. The highest BCUT2D eigenvalue weighted by Gasteiger charge is 2.20. The van der Waals surface area contributed by atoms with Gasteiger partial charge in [-0.2, -0.15) is 4.98 Å². The number of aromatic nitrogens is 2. The van der Waals surface area contributed by atoms with Gasteiger partial charge in [-0.15, -0.1) is 0 Å². The average Bonchev–Trinajstić information content (AvgIpc) is 2.85. The first kappa shape index (κ1) is 13.1. The molecule has 5 heteroatoms. The number of benzene rings is 1. The lowest BCUT2D eigenvalue weighted by Gasteiger charge is -2.26. The SMILES string of the molecule is Cc1nc(CCNC2CCCc3ccc(O)cc32)no1. The molecule has 1 aliphatic rings. The van der Waals surface area contributed by atoms with Crippen molar-refractivity contribution in [2.24, 2.45) is 0 Å². The van der Waals surface area contributed by atoms with E-state index in [4.69, 9.17) is 4.52 Å². The third-order valence-electron chi connectivity index (χ3n) is 3.75. The van der Waals surface area contributed by atoms with Gasteiger partial charge in [0.1, 0.15) is 5.75 Å². The largest absolute Gasteiger partial charge is 0.508 e. The van der Waals surface area contributed by atoms with Crippen molar-refractivity contribution < 1.29 is 9.63 Å². The number of nitrogens with zero attached hydrogens (tertiary/aromatic N) is 2. The molecule has 0 aliphatic heterocycles. The predicted molar refractivity (Wildman–Crippen MR) is 74.5 cm³/mol. The van der Waals surface area contributed by atoms with Crippen molar-refractivity contribution in [2.75, 3.05) is 6.54 Å². The van der Waals surface area contributed by atoms with Gasteiger partial charge in [0.2, 0.25) is 5.89 Å². The molecule has 0 saturated heterocycles. The molecule has 2 N–H and O–H groups in total. The summed E-state index contributed by atoms with van der Waals surface area (Å²) >= 11 is 0. The summed E-state index contributed by atoms with van der Waals surface area (Å²) in [5.74, 6) is 1.68. The van der Waals surface area contributed by atoms with Crippen LogP contribution in [0.4, 0.5) is 0 Å². The smallest absolute Gasteiger partial charge is 0.223 e. The lowest BCUT2D eigenvalue weighted by atomic mass is 9.87. The number of fused-ring (bicyclic) bond motifs is 1. The van der Waals surface area contributed by atoms with Crippen molar-refractivity contribution in [1.82, 2.24) is 15.5 Å². The van der Waals surface area contributed by atoms with Crippen LogP contribution in [0, 0.1) is 6.92 Å². The summed E-state index contributed by atoms with van der Waals surface area (Å²) in [6, 6.07) is 5.98. The van der Waals surface area contributed by atoms with Gasteiger partial charge in [0.05, 0.1) is 0 Å². The highest BCUT2D eigenvalue weighted by Crippen LogP contribution is 2.31. The third kappa shape index (κ3) is 2.82. The Labute approximate surface area is 118 Å². The van der Waals surface area contributed by atoms with E-state index in [9.17, 15) is 5.11 Å². The van der Waals surface area contributed by atoms with E-state index in [0.717, 1.165) is 31.6 Å². The fourth-order valence-corrected chi connectivity index (χ4v) is 2.80. The Kier molecular flexibility index (Phi) is 3.69. The fourth-order valence-electron chi connectivity index (χ4n) is 2.80. The maximum atomic E-state index is 9.65. The van der Waals surface area contributed by atoms with E-state index in [1.807, 2.05) is 12.1 Å². The van der Waals surface area contributed by atoms with Crippen LogP contribution < -0.4 is 5.32 Å². The maximum Gasteiger partial charge on any atom is 0.223 e. The van der Waals surface area contributed by atoms with Crippen LogP contribution in [0.3, 0.4) is 0 Å². The lowest BCUT2D eigenvalue weighted by Crippen LogP contribution is -2.27. The van der Waals surface area contributed by atoms with Gasteiger partial charge in [-0.25, -0.2) is 0 Å². The van der Waals surface area contributed by atoms with Crippen molar-refractivity contribution in [1.29, 1.82) is 0 Å². The summed E-state index contributed by atoms with van der Waals surface area (Å²) in [5.41, 5.74) is 2.56. The molecule has 0 bridgehead atoms. The molecule has 20 heavy (non-hydrogen) atoms. The second kappa shape index (κ2) is 5.63. The Hall–Kier alpha value is -1.88. The number of hydrogen-bond acceptors (Lipinski definition) is 5. The third-order valence-corrected chi connectivity index (χ3v) is 3.75. The number of nitrogens with one attached hydrogen (secondary N) is 1. The molecule has 1 heterocycles. The predicted octanol–water partition coefficient (Wildman–Crippen LogP) is 2.29. The van der Waals surface area contributed by atoms with E-state index in [1.165, 1.54) is 17.5 Å². The molecule has 0 amide bonds. The van der Waals surface area contributed by atoms with Crippen molar-refractivity contribution in [3.63, 3.8) is 0 Å². The first-order chi connectivity index (χ1) is 9.72. The fraction of sp³-hybridized carbons (Fsp3) is 0.467. The van der Waals surface area contributed by atoms with Gasteiger partial charge in [-0.1, -0.05) is 11.2 Å². The zero-order valence-corrected chi connectivity index (χ0v) is 11.6. The highest BCUT2D eigenvalue weighted by atomic mass is 16.5. The summed E-state index contributed by atoms with van der Waals surface area (Å²) in [5, 5.41) is 17.1. The normalized spacial score (nSPS) is 17.9. The Balaban J connectivity index is 1.63. The molecule has 0 radical (unpaired) electrons. The quantitative estimate of drug-likeness (QED) is 0.894. The first-order valence-corrected chi connectivity index (χ1v) is 7.07. The zero-order valence-electron chi connectivity index (χ0n) is 11.6. The van der Waals surface area contributed by atoms with E-state index in [-0.39, 0.29) is 0 Å². The Morgan fingerprint density at radius 1 is 1.45 bits per heavy atom. The van der Waals surface area contributed by atoms with Crippen molar-refractivity contribution in [3.05, 3.63) is 41.0 Å². The van der Waals surface area contributed by atoms with E-state index in [1.54, 1.807) is 13.0 Å². The minimum absolute atomic E-state index is 0.304. The topological polar surface area (TPSA) is 71.2 Å². The van der Waals surface area contributed by atoms with E-state index in [2.05, 4.69) is 15.5 Å². The second-order valence-corrected chi connectivity index (χ2v) is 5.26. The average molecular weight is 273 g/mol. The van der Waals surface area contributed by atoms with Gasteiger partial charge in [-0.3, -0.25) is 0 Å². The van der Waals surface area contributed by atoms with Crippen LogP contribution in [-0.4, -0.2) is 21.8 Å². The van der Waals surface area contributed by atoms with Crippen LogP contribution in [0.5, 0.6) is 5.75 Å². The highest BCUT2D eigenvalue weighted by molar-refractivity contribution is 5.38. The van der Waals surface area contributed by atoms with Crippen LogP contribution in [0.1, 0.15) is 41.7 Å². The van der Waals surface area contributed by atoms with Crippen LogP contribution in [-0.2, 0) is 12.8 Å². The zero-order chi connectivity index (χ0) is 13.9. The molecule has 1 aromatic carbocycles. The molecule has 0 fully saturated rings. The van der Waals surface area contributed by atoms with E-state index < -0.39 is 0 Å². The molecule has 2 aromatic rings. The molecule has 1 aromatic heterocycles. The van der Waals surface area contributed by atoms with Crippen LogP contribution in [0.25, 0.3) is 0 Å². The molecule has 5 nitrogen and oxygen atoms in total. The maximum absolute atomic E-state index is 9.65. The van der Waals surface area contributed by atoms with Crippen molar-refractivity contribution in [2.45, 2.75) is 38.6 Å². The standard InChI is InChI=1S/C15H19N3O2/c1-10-17-15(18-20-10)7-8-16-14-4-2-3-11-5-6-12(19)9-13(11)14/h5-6,9,14,16,19H,2-4,7-8H2,1H3. The van der Waals surface area contributed by atoms with Crippen LogP contribution in [0.15, 0.2) is 22.7 Å². The van der Waals surface area contributed by atoms with Gasteiger partial charge < -0.3 is 14.9 Å². The van der Waals surface area contributed by atoms with Gasteiger partial charge >= 0.3 is 0 Å². The number of aromatic hydroxyl groups is 1. The first-order valence-electron chi connectivity index (χ1n) is 7.07. The number of phenols is 1. The lowest BCUT2D eigenvalue weighted by molar-refractivity contribution is 0.385. The Morgan fingerprint density at radius 2 is 2.35 bits per heavy atom. The van der Waals surface area contributed by atoms with Crippen LogP contribution >= 0.6 is 0 Å². The second-order valence-electron chi connectivity index (χ2n) is 5.26. The summed E-state index contributed by atoms with van der Waals surface area (Å²) in [4.78, 5) is 4.19. The summed E-state index contributed by atoms with van der Waals surface area (Å²) in [7, 11) is 0. The summed E-state index contributed by atoms with van der Waals surface area (Å²) < 4.78 is 4.96. The molecule has 1 aliphatic carbocycles. The van der Waals surface area contributed by atoms with Crippen molar-refractivity contribution in [3.8, 4) is 5.75 Å². The Bertz CT molecular complexity index is 595. The number of hydrogen-bond donors (Lipinski definition) is 2. The van der Waals surface area contributed by atoms with E-state index in [0.29, 0.717) is 17.7 Å². The molecule has 3 rings (SSSR count). The Morgan fingerprint density at radius 3 is 3.15 bits per heavy atom. The van der Waals surface area contributed by atoms with E-state index >= 15 is 0 Å². The van der Waals surface area contributed by atoms with Crippen molar-refractivity contribution >= 4 is 0 Å².